The van der Waals surface area contributed by atoms with Gasteiger partial charge in [0.15, 0.2) is 5.65 Å². The Morgan fingerprint density at radius 1 is 1.32 bits per heavy atom. The molecule has 4 rings (SSSR count). The maximum absolute atomic E-state index is 14.0. The highest BCUT2D eigenvalue weighted by atomic mass is 19.1. The van der Waals surface area contributed by atoms with Crippen LogP contribution in [0.3, 0.4) is 0 Å². The molecule has 0 spiro atoms. The van der Waals surface area contributed by atoms with Crippen LogP contribution in [0.25, 0.3) is 11.0 Å². The first kappa shape index (κ1) is 20.7. The average Bonchev–Trinajstić information content (AvgIpc) is 2.77. The molecule has 2 aromatic heterocycles. The van der Waals surface area contributed by atoms with Crippen molar-refractivity contribution in [3.05, 3.63) is 62.7 Å². The third kappa shape index (κ3) is 4.18. The van der Waals surface area contributed by atoms with E-state index in [1.54, 1.807) is 13.0 Å². The van der Waals surface area contributed by atoms with Gasteiger partial charge in [0.2, 0.25) is 5.95 Å². The summed E-state index contributed by atoms with van der Waals surface area (Å²) >= 11 is 0. The van der Waals surface area contributed by atoms with Gasteiger partial charge >= 0.3 is 11.7 Å². The number of anilines is 1. The maximum Gasteiger partial charge on any atom is 0.330 e. The molecule has 0 unspecified atom stereocenters. The van der Waals surface area contributed by atoms with Crippen molar-refractivity contribution in [1.82, 2.24) is 19.5 Å². The van der Waals surface area contributed by atoms with E-state index in [1.165, 1.54) is 24.4 Å². The van der Waals surface area contributed by atoms with Gasteiger partial charge in [-0.25, -0.2) is 14.2 Å². The van der Waals surface area contributed by atoms with Gasteiger partial charge in [0.05, 0.1) is 19.1 Å². The van der Waals surface area contributed by atoms with Crippen molar-refractivity contribution in [1.29, 1.82) is 0 Å². The normalized spacial score (nSPS) is 16.5. The first-order chi connectivity index (χ1) is 15.0. The predicted octanol–water partition coefficient (Wildman–Crippen LogP) is 1.45. The number of carbonyl (C=O) groups is 1. The molecule has 9 nitrogen and oxygen atoms in total. The van der Waals surface area contributed by atoms with Gasteiger partial charge in [-0.1, -0.05) is 18.2 Å². The number of H-pyrrole nitrogens is 1. The zero-order valence-corrected chi connectivity index (χ0v) is 17.0. The van der Waals surface area contributed by atoms with Crippen LogP contribution < -0.4 is 16.1 Å². The number of rotatable bonds is 5. The third-order valence-corrected chi connectivity index (χ3v) is 5.33. The third-order valence-electron chi connectivity index (χ3n) is 5.33. The van der Waals surface area contributed by atoms with Crippen molar-refractivity contribution < 1.29 is 13.9 Å². The summed E-state index contributed by atoms with van der Waals surface area (Å²) < 4.78 is 20.0. The molecule has 1 aliphatic rings. The lowest BCUT2D eigenvalue weighted by Crippen LogP contribution is -2.40. The molecule has 1 atom stereocenters. The Balaban J connectivity index is 1.65. The molecular weight excluding hydrogens is 405 g/mol. The first-order valence-electron chi connectivity index (χ1n) is 10.1. The number of ether oxygens (including phenoxy) is 1. The first-order valence-corrected chi connectivity index (χ1v) is 10.1. The van der Waals surface area contributed by atoms with E-state index in [0.29, 0.717) is 25.6 Å². The summed E-state index contributed by atoms with van der Waals surface area (Å²) in [6, 6.07) is 5.96. The Bertz CT molecular complexity index is 1240. The van der Waals surface area contributed by atoms with Crippen molar-refractivity contribution in [2.24, 2.45) is 5.92 Å². The second-order valence-corrected chi connectivity index (χ2v) is 7.38. The standard InChI is InChI=1S/C21H22FN5O4/c1-2-31-19(29)14-7-5-9-26(11-14)20-23-10-15-17(24-20)25-21(30)27(18(15)28)12-13-6-3-4-8-16(13)22/h3-4,6,8,10,14H,2,5,7,9,11-12H2,1H3,(H,23,24,25,30)/t14-/m1/s1. The van der Waals surface area contributed by atoms with Crippen LogP contribution in [-0.2, 0) is 16.1 Å². The van der Waals surface area contributed by atoms with Crippen LogP contribution in [-0.4, -0.2) is 45.2 Å². The molecule has 31 heavy (non-hydrogen) atoms. The number of benzene rings is 1. The lowest BCUT2D eigenvalue weighted by molar-refractivity contribution is -0.148. The molecule has 1 N–H and O–H groups in total. The minimum atomic E-state index is -0.687. The van der Waals surface area contributed by atoms with E-state index in [9.17, 15) is 18.8 Å². The van der Waals surface area contributed by atoms with Gasteiger partial charge in [-0.05, 0) is 25.8 Å². The van der Waals surface area contributed by atoms with E-state index in [-0.39, 0.29) is 35.0 Å². The number of piperidine rings is 1. The van der Waals surface area contributed by atoms with Crippen LogP contribution >= 0.6 is 0 Å². The van der Waals surface area contributed by atoms with E-state index in [4.69, 9.17) is 4.74 Å². The number of esters is 1. The fraction of sp³-hybridized carbons (Fsp3) is 0.381. The van der Waals surface area contributed by atoms with Gasteiger partial charge in [0.25, 0.3) is 5.56 Å². The van der Waals surface area contributed by atoms with E-state index in [1.807, 2.05) is 4.90 Å². The van der Waals surface area contributed by atoms with Crippen LogP contribution in [0.5, 0.6) is 0 Å². The maximum atomic E-state index is 14.0. The SMILES string of the molecule is CCOC(=O)[C@@H]1CCCN(c2ncc3c(=O)n(Cc4ccccc4F)c(=O)[nH]c3n2)C1. The molecule has 1 aromatic carbocycles. The van der Waals surface area contributed by atoms with Gasteiger partial charge in [-0.3, -0.25) is 19.1 Å². The van der Waals surface area contributed by atoms with Crippen LogP contribution in [0.4, 0.5) is 10.3 Å². The molecule has 162 valence electrons. The van der Waals surface area contributed by atoms with Crippen molar-refractivity contribution in [2.75, 3.05) is 24.6 Å². The average molecular weight is 427 g/mol. The lowest BCUT2D eigenvalue weighted by Gasteiger charge is -2.31. The minimum Gasteiger partial charge on any atom is -0.466 e. The van der Waals surface area contributed by atoms with Gasteiger partial charge in [0.1, 0.15) is 11.2 Å². The highest BCUT2D eigenvalue weighted by Gasteiger charge is 2.28. The smallest absolute Gasteiger partial charge is 0.330 e. The highest BCUT2D eigenvalue weighted by Crippen LogP contribution is 2.22. The molecule has 1 aliphatic heterocycles. The Hall–Kier alpha value is -3.56. The second kappa shape index (κ2) is 8.66. The van der Waals surface area contributed by atoms with Crippen LogP contribution in [0, 0.1) is 11.7 Å². The molecule has 0 amide bonds. The summed E-state index contributed by atoms with van der Waals surface area (Å²) in [6.07, 6.45) is 2.84. The van der Waals surface area contributed by atoms with E-state index in [0.717, 1.165) is 17.4 Å². The zero-order valence-electron chi connectivity index (χ0n) is 17.0. The summed E-state index contributed by atoms with van der Waals surface area (Å²) in [5, 5.41) is 0.124. The summed E-state index contributed by atoms with van der Waals surface area (Å²) in [5.74, 6) is -0.705. The number of aromatic amines is 1. The highest BCUT2D eigenvalue weighted by molar-refractivity contribution is 5.75. The summed E-state index contributed by atoms with van der Waals surface area (Å²) in [7, 11) is 0. The fourth-order valence-corrected chi connectivity index (χ4v) is 3.73. The Kier molecular flexibility index (Phi) is 5.79. The van der Waals surface area contributed by atoms with E-state index < -0.39 is 17.1 Å². The minimum absolute atomic E-state index is 0.100. The molecule has 0 bridgehead atoms. The van der Waals surface area contributed by atoms with Crippen molar-refractivity contribution >= 4 is 23.0 Å². The van der Waals surface area contributed by atoms with Gasteiger partial charge in [-0.2, -0.15) is 4.98 Å². The van der Waals surface area contributed by atoms with Gasteiger partial charge < -0.3 is 9.64 Å². The Labute approximate surface area is 176 Å². The van der Waals surface area contributed by atoms with E-state index in [2.05, 4.69) is 15.0 Å². The monoisotopic (exact) mass is 427 g/mol. The number of fused-ring (bicyclic) bond motifs is 1. The quantitative estimate of drug-likeness (QED) is 0.614. The Morgan fingerprint density at radius 2 is 2.13 bits per heavy atom. The number of nitrogens with one attached hydrogen (secondary N) is 1. The molecule has 0 radical (unpaired) electrons. The van der Waals surface area contributed by atoms with Crippen LogP contribution in [0.15, 0.2) is 40.1 Å². The van der Waals surface area contributed by atoms with Crippen LogP contribution in [0.2, 0.25) is 0 Å². The molecule has 10 heteroatoms. The largest absolute Gasteiger partial charge is 0.466 e. The molecule has 1 saturated heterocycles. The molecular formula is C21H22FN5O4. The van der Waals surface area contributed by atoms with Crippen molar-refractivity contribution in [3.63, 3.8) is 0 Å². The molecule has 1 fully saturated rings. The number of hydrogen-bond acceptors (Lipinski definition) is 7. The molecule has 0 aliphatic carbocycles. The van der Waals surface area contributed by atoms with E-state index >= 15 is 0 Å². The Morgan fingerprint density at radius 3 is 2.90 bits per heavy atom. The van der Waals surface area contributed by atoms with Crippen molar-refractivity contribution in [2.45, 2.75) is 26.3 Å². The fourth-order valence-electron chi connectivity index (χ4n) is 3.73. The number of hydrogen-bond donors (Lipinski definition) is 1. The molecule has 0 saturated carbocycles. The molecule has 3 aromatic rings. The topological polar surface area (TPSA) is 110 Å². The number of carbonyl (C=O) groups excluding carboxylic acids is 1. The summed E-state index contributed by atoms with van der Waals surface area (Å²) in [4.78, 5) is 50.5. The van der Waals surface area contributed by atoms with Gasteiger partial charge in [0, 0.05) is 24.8 Å². The lowest BCUT2D eigenvalue weighted by atomic mass is 9.98. The number of halogens is 1. The number of nitrogens with zero attached hydrogens (tertiary/aromatic N) is 4. The molecule has 3 heterocycles. The zero-order chi connectivity index (χ0) is 22.0. The predicted molar refractivity (Wildman–Crippen MR) is 111 cm³/mol. The van der Waals surface area contributed by atoms with Crippen molar-refractivity contribution in [3.8, 4) is 0 Å². The van der Waals surface area contributed by atoms with Crippen LogP contribution in [0.1, 0.15) is 25.3 Å². The number of aromatic nitrogens is 4. The van der Waals surface area contributed by atoms with Gasteiger partial charge in [-0.15, -0.1) is 0 Å². The second-order valence-electron chi connectivity index (χ2n) is 7.38. The summed E-state index contributed by atoms with van der Waals surface area (Å²) in [5.41, 5.74) is -0.960. The summed E-state index contributed by atoms with van der Waals surface area (Å²) in [6.45, 7) is 2.93.